The monoisotopic (exact) mass is 630 g/mol. The Morgan fingerprint density at radius 1 is 0.862 bits per heavy atom. The Labute approximate surface area is 342 Å². The Hall–Kier alpha value is 6.30. The molecule has 0 amide bonds. The van der Waals surface area contributed by atoms with Crippen molar-refractivity contribution in [2.45, 2.75) is 37.4 Å². The second kappa shape index (κ2) is 44.3. The van der Waals surface area contributed by atoms with Crippen molar-refractivity contribution in [3.63, 3.8) is 0 Å². The van der Waals surface area contributed by atoms with Crippen LogP contribution in [0.3, 0.4) is 0 Å². The number of halogens is 6. The Morgan fingerprint density at radius 3 is 1.41 bits per heavy atom. The number of esters is 2. The summed E-state index contributed by atoms with van der Waals surface area (Å²) >= 11 is 0. The minimum absolute atomic E-state index is 0. The van der Waals surface area contributed by atoms with Gasteiger partial charge < -0.3 is 100 Å². The van der Waals surface area contributed by atoms with Gasteiger partial charge in [0, 0.05) is 0 Å². The average molecular weight is 633 g/mol. The molecule has 0 bridgehead atoms. The Balaban J connectivity index is -0.0000000185. The minimum Gasteiger partial charge on any atom is -1.00 e. The van der Waals surface area contributed by atoms with Gasteiger partial charge in [0.2, 0.25) is 0 Å². The maximum atomic E-state index is 11.1. The molecule has 6 N–H and O–H groups in total. The third-order valence-corrected chi connectivity index (χ3v) is 2.04. The molecule has 0 aliphatic carbocycles. The molecule has 0 rings (SSSR count). The molecule has 158 valence electrons. The van der Waals surface area contributed by atoms with Gasteiger partial charge in [-0.3, -0.25) is 0 Å². The van der Waals surface area contributed by atoms with Crippen LogP contribution in [0.15, 0.2) is 0 Å². The second-order valence-electron chi connectivity index (χ2n) is 3.59. The van der Waals surface area contributed by atoms with E-state index in [0.717, 1.165) is 6.92 Å². The van der Waals surface area contributed by atoms with Crippen LogP contribution >= 0.6 is 12.4 Å². The number of aliphatic hydroxyl groups excluding tert-OH is 6. The average Bonchev–Trinajstić information content (AvgIpc) is 2.34. The first-order chi connectivity index (χ1) is 8.22. The van der Waals surface area contributed by atoms with Crippen molar-refractivity contribution in [3.8, 4) is 0 Å². The fourth-order valence-electron chi connectivity index (χ4n) is 0.907. The van der Waals surface area contributed by atoms with Gasteiger partial charge in [0.1, 0.15) is 24.4 Å². The molecule has 5 atom stereocenters. The SMILES string of the molecule is CC(O)C(=O)OC(=O)[C@H](O)[C@@H](O)[C@H](O)[C@H](O)CO.Cl.[Ca+2].[Cl-].[Cl-].[Cl-].[Cl-].[Cl-].[H-].[H-].[K+].[Mg+2].[Na+].[Na+]. The second-order valence-corrected chi connectivity index (χ2v) is 3.59. The first-order valence-corrected chi connectivity index (χ1v) is 4.99. The molecule has 0 aromatic carbocycles. The standard InChI is InChI=1S/C9H16O9.Ca.6ClH.K.Mg.2Na.2H/c1-3(11)8(16)18-9(17)7(15)6(14)5(13)4(12)2-10;;;;;;;;;;;;;/h3-7,10-15H,2H2,1H3;;6*1H;;;;;;/q;+2;;;;;;;+1;+2;2*+1;2*-1/p-5/t3?,4-,5-,6+,7-;;;;;;;;;;;;;/m1............./s1. The minimum atomic E-state index is -2.32. The maximum absolute atomic E-state index is 11.1. The number of hydrogen-bond acceptors (Lipinski definition) is 9. The summed E-state index contributed by atoms with van der Waals surface area (Å²) in [6.07, 6.45) is -9.88. The molecule has 9 nitrogen and oxygen atoms in total. The number of ether oxygens (including phenoxy) is 1. The van der Waals surface area contributed by atoms with Crippen molar-refractivity contribution in [3.05, 3.63) is 0 Å². The molecule has 0 aliphatic rings. The molecule has 1 unspecified atom stereocenters. The van der Waals surface area contributed by atoms with Crippen LogP contribution in [-0.2, 0) is 14.3 Å². The normalized spacial score (nSPS) is 12.1. The molecular weight excluding hydrogens is 614 g/mol. The molecule has 0 heterocycles. The molecule has 0 radical (unpaired) electrons. The predicted octanol–water partition coefficient (Wildman–Crippen LogP) is -28.2. The zero-order valence-electron chi connectivity index (χ0n) is 18.2. The molecule has 20 heteroatoms. The summed E-state index contributed by atoms with van der Waals surface area (Å²) in [5.74, 6) is -2.94. The van der Waals surface area contributed by atoms with Gasteiger partial charge in [0.15, 0.2) is 6.10 Å². The Morgan fingerprint density at radius 2 is 1.17 bits per heavy atom. The van der Waals surface area contributed by atoms with Crippen LogP contribution in [0.4, 0.5) is 0 Å². The van der Waals surface area contributed by atoms with E-state index in [1.165, 1.54) is 0 Å². The summed E-state index contributed by atoms with van der Waals surface area (Å²) in [6, 6.07) is 0. The number of rotatable bonds is 6. The topological polar surface area (TPSA) is 165 Å². The fourth-order valence-corrected chi connectivity index (χ4v) is 0.907. The largest absolute Gasteiger partial charge is 2.00 e. The van der Waals surface area contributed by atoms with E-state index < -0.39 is 49.1 Å². The van der Waals surface area contributed by atoms with Crippen LogP contribution < -0.4 is 173 Å². The third-order valence-electron chi connectivity index (χ3n) is 2.04. The van der Waals surface area contributed by atoms with E-state index >= 15 is 0 Å². The molecule has 29 heavy (non-hydrogen) atoms. The van der Waals surface area contributed by atoms with Crippen molar-refractivity contribution in [2.75, 3.05) is 6.61 Å². The van der Waals surface area contributed by atoms with Crippen molar-refractivity contribution < 1.29 is 220 Å². The zero-order valence-corrected chi connectivity index (χ0v) is 31.6. The fraction of sp³-hybridized carbons (Fsp3) is 0.778. The van der Waals surface area contributed by atoms with E-state index in [4.69, 9.17) is 15.3 Å². The van der Waals surface area contributed by atoms with Crippen LogP contribution in [-0.4, -0.2) is 140 Å². The molecule has 0 spiro atoms. The van der Waals surface area contributed by atoms with Gasteiger partial charge >= 0.3 is 183 Å². The molecule has 0 aromatic rings. The zero-order chi connectivity index (χ0) is 14.5. The van der Waals surface area contributed by atoms with E-state index in [2.05, 4.69) is 4.74 Å². The molecule has 0 saturated carbocycles. The van der Waals surface area contributed by atoms with Gasteiger partial charge in [-0.15, -0.1) is 12.4 Å². The molecule has 0 fully saturated rings. The summed E-state index contributed by atoms with van der Waals surface area (Å²) in [4.78, 5) is 21.9. The van der Waals surface area contributed by atoms with Gasteiger partial charge in [0.25, 0.3) is 0 Å². The van der Waals surface area contributed by atoms with E-state index in [9.17, 15) is 24.9 Å². The molecular formula is C9H19CaCl6KMgNa2O9. The summed E-state index contributed by atoms with van der Waals surface area (Å²) in [5, 5.41) is 53.9. The van der Waals surface area contributed by atoms with Gasteiger partial charge in [-0.05, 0) is 6.92 Å². The van der Waals surface area contributed by atoms with Gasteiger partial charge in [0.05, 0.1) is 6.61 Å². The number of carbonyl (C=O) groups excluding carboxylic acids is 2. The van der Waals surface area contributed by atoms with Crippen LogP contribution in [0.1, 0.15) is 9.78 Å². The van der Waals surface area contributed by atoms with Gasteiger partial charge in [-0.1, -0.05) is 0 Å². The number of hydrogen-bond donors (Lipinski definition) is 6. The van der Waals surface area contributed by atoms with Gasteiger partial charge in [-0.25, -0.2) is 9.59 Å². The summed E-state index contributed by atoms with van der Waals surface area (Å²) in [7, 11) is 0. The maximum Gasteiger partial charge on any atom is 2.00 e. The van der Waals surface area contributed by atoms with E-state index in [0.29, 0.717) is 0 Å². The van der Waals surface area contributed by atoms with Crippen LogP contribution in [0.2, 0.25) is 0 Å². The predicted molar refractivity (Wildman–Crippen MR) is 74.9 cm³/mol. The quantitative estimate of drug-likeness (QED) is 0.0948. The number of aliphatic hydroxyl groups is 6. The van der Waals surface area contributed by atoms with Crippen molar-refractivity contribution in [1.29, 1.82) is 0 Å². The van der Waals surface area contributed by atoms with Crippen LogP contribution in [0.5, 0.6) is 0 Å². The van der Waals surface area contributed by atoms with Crippen molar-refractivity contribution in [1.82, 2.24) is 0 Å². The summed E-state index contributed by atoms with van der Waals surface area (Å²) < 4.78 is 3.97. The number of carbonyl (C=O) groups is 2. The van der Waals surface area contributed by atoms with Crippen molar-refractivity contribution in [2.24, 2.45) is 0 Å². The first-order valence-electron chi connectivity index (χ1n) is 4.99. The van der Waals surface area contributed by atoms with Crippen molar-refractivity contribution >= 4 is 85.1 Å². The molecule has 0 aromatic heterocycles. The van der Waals surface area contributed by atoms with E-state index in [-0.39, 0.29) is 249 Å². The molecule has 0 aliphatic heterocycles. The molecule has 0 saturated heterocycles. The Bertz CT molecular complexity index is 349. The smallest absolute Gasteiger partial charge is 1.00 e. The summed E-state index contributed by atoms with van der Waals surface area (Å²) in [5.41, 5.74) is 0. The van der Waals surface area contributed by atoms with E-state index in [1.54, 1.807) is 0 Å². The first kappa shape index (κ1) is 76.5. The van der Waals surface area contributed by atoms with Crippen LogP contribution in [0.25, 0.3) is 0 Å². The summed E-state index contributed by atoms with van der Waals surface area (Å²) in [6.45, 7) is 0.107. The van der Waals surface area contributed by atoms with Crippen LogP contribution in [0, 0.1) is 0 Å². The Kier molecular flexibility index (Phi) is 117. The third kappa shape index (κ3) is 34.3. The van der Waals surface area contributed by atoms with Gasteiger partial charge in [-0.2, -0.15) is 0 Å². The van der Waals surface area contributed by atoms with E-state index in [1.807, 2.05) is 0 Å².